The Balaban J connectivity index is 1.70. The van der Waals surface area contributed by atoms with Gasteiger partial charge in [0.15, 0.2) is 0 Å². The molecule has 2 rings (SSSR count). The first-order valence-corrected chi connectivity index (χ1v) is 6.08. The van der Waals surface area contributed by atoms with E-state index < -0.39 is 0 Å². The van der Waals surface area contributed by atoms with Crippen LogP contribution in [-0.4, -0.2) is 6.54 Å². The lowest BCUT2D eigenvalue weighted by Crippen LogP contribution is -2.21. The lowest BCUT2D eigenvalue weighted by Gasteiger charge is -2.25. The maximum atomic E-state index is 8.78. The van der Waals surface area contributed by atoms with Crippen LogP contribution >= 0.6 is 0 Å². The quantitative estimate of drug-likeness (QED) is 0.765. The van der Waals surface area contributed by atoms with Crippen molar-refractivity contribution in [3.05, 3.63) is 35.4 Å². The van der Waals surface area contributed by atoms with Gasteiger partial charge in [-0.25, -0.2) is 0 Å². The Morgan fingerprint density at radius 3 is 2.94 bits per heavy atom. The molecule has 1 aromatic rings. The molecule has 2 nitrogen and oxygen atoms in total. The Hall–Kier alpha value is -1.33. The summed E-state index contributed by atoms with van der Waals surface area (Å²) in [5.41, 5.74) is 1.95. The summed E-state index contributed by atoms with van der Waals surface area (Å²) in [6.07, 6.45) is 5.57. The van der Waals surface area contributed by atoms with E-state index in [1.807, 2.05) is 18.2 Å². The third-order valence-electron chi connectivity index (χ3n) is 3.34. The van der Waals surface area contributed by atoms with E-state index in [1.54, 1.807) is 0 Å². The molecule has 0 radical (unpaired) electrons. The van der Waals surface area contributed by atoms with Gasteiger partial charge >= 0.3 is 0 Å². The molecule has 0 saturated heterocycles. The highest BCUT2D eigenvalue weighted by atomic mass is 14.8. The molecule has 0 unspecified atom stereocenters. The molecule has 16 heavy (non-hydrogen) atoms. The van der Waals surface area contributed by atoms with Gasteiger partial charge in [0.1, 0.15) is 0 Å². The van der Waals surface area contributed by atoms with Crippen molar-refractivity contribution in [1.29, 1.82) is 5.26 Å². The second-order valence-corrected chi connectivity index (χ2v) is 4.57. The molecule has 0 atom stereocenters. The van der Waals surface area contributed by atoms with E-state index in [-0.39, 0.29) is 0 Å². The fraction of sp³-hybridized carbons (Fsp3) is 0.500. The maximum Gasteiger partial charge on any atom is 0.0991 e. The van der Waals surface area contributed by atoms with E-state index in [9.17, 15) is 0 Å². The summed E-state index contributed by atoms with van der Waals surface area (Å²) in [5, 5.41) is 12.2. The zero-order chi connectivity index (χ0) is 11.2. The number of rotatable bonds is 5. The van der Waals surface area contributed by atoms with Crippen LogP contribution in [0, 0.1) is 17.2 Å². The first kappa shape index (κ1) is 11.2. The van der Waals surface area contributed by atoms with Crippen LogP contribution in [0.2, 0.25) is 0 Å². The summed E-state index contributed by atoms with van der Waals surface area (Å²) >= 11 is 0. The molecule has 1 aliphatic rings. The van der Waals surface area contributed by atoms with Gasteiger partial charge in [0.2, 0.25) is 0 Å². The molecule has 0 bridgehead atoms. The lowest BCUT2D eigenvalue weighted by molar-refractivity contribution is 0.292. The van der Waals surface area contributed by atoms with Gasteiger partial charge in [0.05, 0.1) is 11.6 Å². The largest absolute Gasteiger partial charge is 0.313 e. The van der Waals surface area contributed by atoms with E-state index in [4.69, 9.17) is 5.26 Å². The Bertz CT molecular complexity index is 375. The van der Waals surface area contributed by atoms with Crippen LogP contribution in [-0.2, 0) is 6.54 Å². The van der Waals surface area contributed by atoms with Crippen LogP contribution in [0.25, 0.3) is 0 Å². The summed E-state index contributed by atoms with van der Waals surface area (Å²) in [7, 11) is 0. The van der Waals surface area contributed by atoms with Gasteiger partial charge in [-0.05, 0) is 36.6 Å². The highest BCUT2D eigenvalue weighted by molar-refractivity contribution is 5.32. The fourth-order valence-corrected chi connectivity index (χ4v) is 2.07. The number of hydrogen-bond acceptors (Lipinski definition) is 2. The molecule has 1 aliphatic carbocycles. The smallest absolute Gasteiger partial charge is 0.0991 e. The first-order valence-electron chi connectivity index (χ1n) is 6.08. The van der Waals surface area contributed by atoms with Crippen LogP contribution in [0.4, 0.5) is 0 Å². The van der Waals surface area contributed by atoms with Crippen LogP contribution in [0.15, 0.2) is 24.3 Å². The minimum Gasteiger partial charge on any atom is -0.313 e. The number of nitriles is 1. The molecule has 84 valence electrons. The van der Waals surface area contributed by atoms with Gasteiger partial charge in [-0.2, -0.15) is 5.26 Å². The Kier molecular flexibility index (Phi) is 3.96. The molecular formula is C14H18N2. The van der Waals surface area contributed by atoms with Crippen LogP contribution in [0.5, 0.6) is 0 Å². The third-order valence-corrected chi connectivity index (χ3v) is 3.34. The molecule has 0 spiro atoms. The van der Waals surface area contributed by atoms with Gasteiger partial charge in [0.25, 0.3) is 0 Å². The standard InChI is InChI=1S/C14H18N2/c15-10-13-5-2-6-14(9-13)11-16-8-7-12-3-1-4-12/h2,5-6,9,12,16H,1,3-4,7-8,11H2. The number of hydrogen-bond donors (Lipinski definition) is 1. The van der Waals surface area contributed by atoms with Crippen LogP contribution in [0.3, 0.4) is 0 Å². The monoisotopic (exact) mass is 214 g/mol. The minimum atomic E-state index is 0.748. The molecule has 0 amide bonds. The van der Waals surface area contributed by atoms with Crippen LogP contribution < -0.4 is 5.32 Å². The molecule has 0 heterocycles. The van der Waals surface area contributed by atoms with Crippen molar-refractivity contribution in [3.63, 3.8) is 0 Å². The predicted molar refractivity (Wildman–Crippen MR) is 64.8 cm³/mol. The van der Waals surface area contributed by atoms with E-state index in [1.165, 1.54) is 31.2 Å². The van der Waals surface area contributed by atoms with Crippen molar-refractivity contribution in [2.75, 3.05) is 6.54 Å². The van der Waals surface area contributed by atoms with E-state index in [0.717, 1.165) is 24.6 Å². The summed E-state index contributed by atoms with van der Waals surface area (Å²) in [6.45, 7) is 1.98. The molecule has 0 aliphatic heterocycles. The molecule has 2 heteroatoms. The van der Waals surface area contributed by atoms with Crippen molar-refractivity contribution in [2.45, 2.75) is 32.2 Å². The van der Waals surface area contributed by atoms with Gasteiger partial charge in [0, 0.05) is 6.54 Å². The SMILES string of the molecule is N#Cc1cccc(CNCCC2CCC2)c1. The summed E-state index contributed by atoms with van der Waals surface area (Å²) in [4.78, 5) is 0. The highest BCUT2D eigenvalue weighted by Gasteiger charge is 2.15. The average Bonchev–Trinajstić information content (AvgIpc) is 2.27. The van der Waals surface area contributed by atoms with E-state index in [2.05, 4.69) is 17.5 Å². The lowest BCUT2D eigenvalue weighted by atomic mass is 9.83. The highest BCUT2D eigenvalue weighted by Crippen LogP contribution is 2.28. The average molecular weight is 214 g/mol. The fourth-order valence-electron chi connectivity index (χ4n) is 2.07. The van der Waals surface area contributed by atoms with Gasteiger partial charge < -0.3 is 5.32 Å². The second-order valence-electron chi connectivity index (χ2n) is 4.57. The van der Waals surface area contributed by atoms with E-state index in [0.29, 0.717) is 0 Å². The second kappa shape index (κ2) is 5.67. The van der Waals surface area contributed by atoms with Gasteiger partial charge in [-0.15, -0.1) is 0 Å². The van der Waals surface area contributed by atoms with Gasteiger partial charge in [-0.1, -0.05) is 31.4 Å². The van der Waals surface area contributed by atoms with Crippen molar-refractivity contribution in [1.82, 2.24) is 5.32 Å². The molecule has 1 aromatic carbocycles. The van der Waals surface area contributed by atoms with Crippen LogP contribution in [0.1, 0.15) is 36.8 Å². The number of nitrogens with one attached hydrogen (secondary N) is 1. The first-order chi connectivity index (χ1) is 7.88. The van der Waals surface area contributed by atoms with Crippen molar-refractivity contribution >= 4 is 0 Å². The zero-order valence-corrected chi connectivity index (χ0v) is 9.58. The molecule has 1 fully saturated rings. The minimum absolute atomic E-state index is 0.748. The topological polar surface area (TPSA) is 35.8 Å². The summed E-state index contributed by atoms with van der Waals surface area (Å²) in [6, 6.07) is 9.98. The number of nitrogens with zero attached hydrogens (tertiary/aromatic N) is 1. The Morgan fingerprint density at radius 2 is 2.25 bits per heavy atom. The predicted octanol–water partition coefficient (Wildman–Crippen LogP) is 2.84. The van der Waals surface area contributed by atoms with Crippen molar-refractivity contribution in [2.24, 2.45) is 5.92 Å². The van der Waals surface area contributed by atoms with Gasteiger partial charge in [-0.3, -0.25) is 0 Å². The summed E-state index contributed by atoms with van der Waals surface area (Å²) < 4.78 is 0. The van der Waals surface area contributed by atoms with Crippen molar-refractivity contribution < 1.29 is 0 Å². The van der Waals surface area contributed by atoms with Crippen molar-refractivity contribution in [3.8, 4) is 6.07 Å². The zero-order valence-electron chi connectivity index (χ0n) is 9.58. The molecule has 0 aromatic heterocycles. The number of benzene rings is 1. The summed E-state index contributed by atoms with van der Waals surface area (Å²) in [5.74, 6) is 0.970. The Labute approximate surface area is 97.3 Å². The maximum absolute atomic E-state index is 8.78. The third kappa shape index (κ3) is 3.08. The Morgan fingerprint density at radius 1 is 1.38 bits per heavy atom. The molecule has 1 N–H and O–H groups in total. The molecular weight excluding hydrogens is 196 g/mol. The van der Waals surface area contributed by atoms with E-state index >= 15 is 0 Å². The normalized spacial score (nSPS) is 15.4. The molecule has 1 saturated carbocycles.